The van der Waals surface area contributed by atoms with E-state index >= 15 is 0 Å². The highest BCUT2D eigenvalue weighted by molar-refractivity contribution is 9.10. The Morgan fingerprint density at radius 2 is 2.33 bits per heavy atom. The van der Waals surface area contributed by atoms with Crippen molar-refractivity contribution in [2.75, 3.05) is 19.6 Å². The average Bonchev–Trinajstić information content (AvgIpc) is 2.75. The Balaban J connectivity index is 1.93. The molecule has 3 N–H and O–H groups in total. The molecule has 1 aromatic rings. The van der Waals surface area contributed by atoms with Gasteiger partial charge in [-0.15, -0.1) is 0 Å². The van der Waals surface area contributed by atoms with Gasteiger partial charge in [0.15, 0.2) is 0 Å². The maximum Gasteiger partial charge on any atom is 0.251 e. The molecule has 4 nitrogen and oxygen atoms in total. The zero-order valence-electron chi connectivity index (χ0n) is 9.62. The largest absolute Gasteiger partial charge is 0.391 e. The summed E-state index contributed by atoms with van der Waals surface area (Å²) in [6, 6.07) is 4.11. The lowest BCUT2D eigenvalue weighted by atomic mass is 10.1. The Morgan fingerprint density at radius 1 is 1.56 bits per heavy atom. The van der Waals surface area contributed by atoms with Gasteiger partial charge in [0.25, 0.3) is 5.91 Å². The van der Waals surface area contributed by atoms with Crippen molar-refractivity contribution in [3.63, 3.8) is 0 Å². The molecule has 1 fully saturated rings. The predicted octanol–water partition coefficient (Wildman–Crippen LogP) is 0.898. The standard InChI is InChI=1S/C12H14BrFN2O2/c13-9-3-7(1-2-10(9)14)12(18)16-5-8-4-15-6-11(8)17/h1-3,8,11,15,17H,4-6H2,(H,16,18). The summed E-state index contributed by atoms with van der Waals surface area (Å²) in [5, 5.41) is 15.4. The summed E-state index contributed by atoms with van der Waals surface area (Å²) in [6.07, 6.45) is -0.426. The molecule has 2 atom stereocenters. The van der Waals surface area contributed by atoms with Crippen LogP contribution in [0.3, 0.4) is 0 Å². The van der Waals surface area contributed by atoms with Crippen LogP contribution in [0, 0.1) is 11.7 Å². The summed E-state index contributed by atoms with van der Waals surface area (Å²) in [7, 11) is 0. The SMILES string of the molecule is O=C(NCC1CNCC1O)c1ccc(F)c(Br)c1. The zero-order valence-corrected chi connectivity index (χ0v) is 11.2. The molecule has 1 heterocycles. The number of benzene rings is 1. The normalized spacial score (nSPS) is 23.1. The number of carbonyl (C=O) groups excluding carboxylic acids is 1. The first kappa shape index (κ1) is 13.5. The van der Waals surface area contributed by atoms with Crippen LogP contribution in [0.5, 0.6) is 0 Å². The summed E-state index contributed by atoms with van der Waals surface area (Å²) >= 11 is 3.04. The van der Waals surface area contributed by atoms with Crippen molar-refractivity contribution >= 4 is 21.8 Å². The molecule has 18 heavy (non-hydrogen) atoms. The molecule has 2 unspecified atom stereocenters. The van der Waals surface area contributed by atoms with E-state index in [1.165, 1.54) is 18.2 Å². The Hall–Kier alpha value is -0.980. The molecular weight excluding hydrogens is 303 g/mol. The number of amides is 1. The maximum atomic E-state index is 13.0. The fourth-order valence-electron chi connectivity index (χ4n) is 1.89. The minimum atomic E-state index is -0.426. The molecular formula is C12H14BrFN2O2. The van der Waals surface area contributed by atoms with Crippen LogP contribution >= 0.6 is 15.9 Å². The quantitative estimate of drug-likeness (QED) is 0.776. The number of hydrogen-bond acceptors (Lipinski definition) is 3. The summed E-state index contributed by atoms with van der Waals surface area (Å²) in [5.41, 5.74) is 0.392. The fraction of sp³-hybridized carbons (Fsp3) is 0.417. The predicted molar refractivity (Wildman–Crippen MR) is 68.8 cm³/mol. The minimum Gasteiger partial charge on any atom is -0.391 e. The van der Waals surface area contributed by atoms with Crippen molar-refractivity contribution in [1.82, 2.24) is 10.6 Å². The molecule has 6 heteroatoms. The van der Waals surface area contributed by atoms with Crippen molar-refractivity contribution in [1.29, 1.82) is 0 Å². The van der Waals surface area contributed by atoms with Crippen molar-refractivity contribution in [3.05, 3.63) is 34.1 Å². The van der Waals surface area contributed by atoms with Gasteiger partial charge >= 0.3 is 0 Å². The van der Waals surface area contributed by atoms with E-state index < -0.39 is 11.9 Å². The van der Waals surface area contributed by atoms with Crippen LogP contribution in [0.4, 0.5) is 4.39 Å². The number of carbonyl (C=O) groups is 1. The van der Waals surface area contributed by atoms with Crippen LogP contribution < -0.4 is 10.6 Å². The van der Waals surface area contributed by atoms with E-state index in [2.05, 4.69) is 26.6 Å². The molecule has 0 aromatic heterocycles. The Bertz CT molecular complexity index is 456. The summed E-state index contributed by atoms with van der Waals surface area (Å²) < 4.78 is 13.3. The van der Waals surface area contributed by atoms with E-state index in [-0.39, 0.29) is 16.3 Å². The summed E-state index contributed by atoms with van der Waals surface area (Å²) in [5.74, 6) is -0.644. The van der Waals surface area contributed by atoms with Gasteiger partial charge in [0.05, 0.1) is 10.6 Å². The van der Waals surface area contributed by atoms with Gasteiger partial charge in [0.2, 0.25) is 0 Å². The van der Waals surface area contributed by atoms with Crippen molar-refractivity contribution in [3.8, 4) is 0 Å². The number of aliphatic hydroxyl groups excluding tert-OH is 1. The molecule has 2 rings (SSSR count). The molecule has 1 aliphatic rings. The van der Waals surface area contributed by atoms with E-state index in [0.717, 1.165) is 0 Å². The Morgan fingerprint density at radius 3 is 2.94 bits per heavy atom. The molecule has 0 spiro atoms. The zero-order chi connectivity index (χ0) is 13.1. The van der Waals surface area contributed by atoms with Gasteiger partial charge < -0.3 is 15.7 Å². The van der Waals surface area contributed by atoms with Crippen LogP contribution in [0.1, 0.15) is 10.4 Å². The lowest BCUT2D eigenvalue weighted by Gasteiger charge is -2.14. The third kappa shape index (κ3) is 3.07. The molecule has 1 saturated heterocycles. The number of β-amino-alcohol motifs (C(OH)–C–C–N with tert-alkyl or cyclic N) is 1. The van der Waals surface area contributed by atoms with E-state index in [1.807, 2.05) is 0 Å². The second-order valence-electron chi connectivity index (χ2n) is 4.32. The molecule has 0 saturated carbocycles. The molecule has 1 amide bonds. The van der Waals surface area contributed by atoms with Gasteiger partial charge in [-0.3, -0.25) is 4.79 Å². The van der Waals surface area contributed by atoms with E-state index in [1.54, 1.807) is 0 Å². The maximum absolute atomic E-state index is 13.0. The van der Waals surface area contributed by atoms with Crippen LogP contribution in [0.2, 0.25) is 0 Å². The highest BCUT2D eigenvalue weighted by atomic mass is 79.9. The second kappa shape index (κ2) is 5.77. The van der Waals surface area contributed by atoms with Gasteiger partial charge in [-0.25, -0.2) is 4.39 Å². The minimum absolute atomic E-state index is 0.0258. The smallest absolute Gasteiger partial charge is 0.251 e. The number of nitrogens with one attached hydrogen (secondary N) is 2. The van der Waals surface area contributed by atoms with E-state index in [9.17, 15) is 14.3 Å². The summed E-state index contributed by atoms with van der Waals surface area (Å²) in [6.45, 7) is 1.65. The van der Waals surface area contributed by atoms with Gasteiger partial charge in [-0.2, -0.15) is 0 Å². The Kier molecular flexibility index (Phi) is 4.31. The van der Waals surface area contributed by atoms with Gasteiger partial charge in [0, 0.05) is 31.1 Å². The topological polar surface area (TPSA) is 61.4 Å². The van der Waals surface area contributed by atoms with Crippen molar-refractivity contribution < 1.29 is 14.3 Å². The first-order valence-electron chi connectivity index (χ1n) is 5.70. The molecule has 98 valence electrons. The molecule has 0 bridgehead atoms. The third-order valence-corrected chi connectivity index (χ3v) is 3.62. The first-order valence-corrected chi connectivity index (χ1v) is 6.49. The Labute approximate surface area is 113 Å². The van der Waals surface area contributed by atoms with Crippen LogP contribution in [0.25, 0.3) is 0 Å². The number of rotatable bonds is 3. The molecule has 1 aliphatic heterocycles. The fourth-order valence-corrected chi connectivity index (χ4v) is 2.27. The number of halogens is 2. The number of aliphatic hydroxyl groups is 1. The van der Waals surface area contributed by atoms with Crippen LogP contribution in [-0.2, 0) is 0 Å². The van der Waals surface area contributed by atoms with Crippen LogP contribution in [0.15, 0.2) is 22.7 Å². The lowest BCUT2D eigenvalue weighted by molar-refractivity contribution is 0.0927. The van der Waals surface area contributed by atoms with Crippen LogP contribution in [-0.4, -0.2) is 36.8 Å². The van der Waals surface area contributed by atoms with Gasteiger partial charge in [-0.05, 0) is 34.1 Å². The van der Waals surface area contributed by atoms with Gasteiger partial charge in [0.1, 0.15) is 5.82 Å². The number of hydrogen-bond donors (Lipinski definition) is 3. The molecule has 1 aromatic carbocycles. The lowest BCUT2D eigenvalue weighted by Crippen LogP contribution is -2.34. The van der Waals surface area contributed by atoms with Crippen molar-refractivity contribution in [2.45, 2.75) is 6.10 Å². The average molecular weight is 317 g/mol. The van der Waals surface area contributed by atoms with Gasteiger partial charge in [-0.1, -0.05) is 0 Å². The monoisotopic (exact) mass is 316 g/mol. The summed E-state index contributed by atoms with van der Waals surface area (Å²) in [4.78, 5) is 11.8. The van der Waals surface area contributed by atoms with E-state index in [4.69, 9.17) is 0 Å². The highest BCUT2D eigenvalue weighted by Gasteiger charge is 2.25. The van der Waals surface area contributed by atoms with E-state index in [0.29, 0.717) is 25.2 Å². The molecule has 0 radical (unpaired) electrons. The highest BCUT2D eigenvalue weighted by Crippen LogP contribution is 2.17. The first-order chi connectivity index (χ1) is 8.58. The molecule has 0 aliphatic carbocycles. The second-order valence-corrected chi connectivity index (χ2v) is 5.18. The third-order valence-electron chi connectivity index (χ3n) is 3.01. The van der Waals surface area contributed by atoms with Crippen molar-refractivity contribution in [2.24, 2.45) is 5.92 Å².